The van der Waals surface area contributed by atoms with Crippen molar-refractivity contribution in [1.29, 1.82) is 0 Å². The number of fused-ring (bicyclic) bond motifs is 1. The molecule has 180 valence electrons. The number of halogens is 1. The number of nitrogens with one attached hydrogen (secondary N) is 2. The molecule has 0 saturated heterocycles. The van der Waals surface area contributed by atoms with Crippen molar-refractivity contribution in [3.8, 4) is 0 Å². The van der Waals surface area contributed by atoms with Gasteiger partial charge in [0.05, 0.1) is 21.6 Å². The van der Waals surface area contributed by atoms with Crippen molar-refractivity contribution in [1.82, 2.24) is 10.6 Å². The Hall–Kier alpha value is -3.46. The standard InChI is InChI=1S/C24H26ClN3O6/c1-14(2)22(27-23(30)18-12-16(28(32)33)10-11-19(18)25)24(31)34-13-21(29)26-20-9-5-7-15-6-3-4-8-17(15)20/h3-4,6,8,10-12,14,20,22H,5,7,9,13H2,1-2H3,(H,26,29)(H,27,30)/t20-,22-/m0/s1. The molecule has 2 atom stereocenters. The second-order valence-corrected chi connectivity index (χ2v) is 8.84. The number of esters is 1. The quantitative estimate of drug-likeness (QED) is 0.331. The summed E-state index contributed by atoms with van der Waals surface area (Å²) in [7, 11) is 0. The lowest BCUT2D eigenvalue weighted by molar-refractivity contribution is -0.384. The van der Waals surface area contributed by atoms with E-state index in [1.165, 1.54) is 17.7 Å². The van der Waals surface area contributed by atoms with E-state index in [0.717, 1.165) is 30.9 Å². The maximum absolute atomic E-state index is 12.7. The number of non-ortho nitro benzene ring substituents is 1. The SMILES string of the molecule is CC(C)[C@H](NC(=O)c1cc([N+](=O)[O-])ccc1Cl)C(=O)OCC(=O)N[C@H]1CCCc2ccccc21. The Bertz CT molecular complexity index is 1100. The summed E-state index contributed by atoms with van der Waals surface area (Å²) in [6.07, 6.45) is 2.71. The van der Waals surface area contributed by atoms with Crippen LogP contribution in [0.25, 0.3) is 0 Å². The lowest BCUT2D eigenvalue weighted by atomic mass is 9.88. The summed E-state index contributed by atoms with van der Waals surface area (Å²) >= 11 is 6.02. The monoisotopic (exact) mass is 487 g/mol. The second kappa shape index (κ2) is 11.1. The molecule has 2 amide bonds. The van der Waals surface area contributed by atoms with Crippen LogP contribution in [-0.2, 0) is 20.7 Å². The van der Waals surface area contributed by atoms with Crippen LogP contribution in [0.3, 0.4) is 0 Å². The van der Waals surface area contributed by atoms with Gasteiger partial charge in [0.1, 0.15) is 6.04 Å². The largest absolute Gasteiger partial charge is 0.454 e. The third kappa shape index (κ3) is 6.11. The Morgan fingerprint density at radius 1 is 1.21 bits per heavy atom. The van der Waals surface area contributed by atoms with Gasteiger partial charge in [0, 0.05) is 12.1 Å². The predicted octanol–water partition coefficient (Wildman–Crippen LogP) is 3.74. The number of ether oxygens (including phenoxy) is 1. The van der Waals surface area contributed by atoms with E-state index in [1.807, 2.05) is 24.3 Å². The Labute approximate surface area is 202 Å². The Morgan fingerprint density at radius 2 is 1.94 bits per heavy atom. The molecule has 0 saturated carbocycles. The summed E-state index contributed by atoms with van der Waals surface area (Å²) in [5.41, 5.74) is 1.82. The smallest absolute Gasteiger partial charge is 0.329 e. The number of hydrogen-bond acceptors (Lipinski definition) is 6. The molecule has 10 heteroatoms. The summed E-state index contributed by atoms with van der Waals surface area (Å²) < 4.78 is 5.18. The second-order valence-electron chi connectivity index (χ2n) is 8.44. The highest BCUT2D eigenvalue weighted by atomic mass is 35.5. The van der Waals surface area contributed by atoms with Crippen LogP contribution in [0.2, 0.25) is 5.02 Å². The molecule has 9 nitrogen and oxygen atoms in total. The van der Waals surface area contributed by atoms with Crippen molar-refractivity contribution < 1.29 is 24.0 Å². The van der Waals surface area contributed by atoms with E-state index in [0.29, 0.717) is 0 Å². The number of carbonyl (C=O) groups is 3. The van der Waals surface area contributed by atoms with Gasteiger partial charge >= 0.3 is 5.97 Å². The summed E-state index contributed by atoms with van der Waals surface area (Å²) in [4.78, 5) is 48.1. The third-order valence-corrected chi connectivity index (χ3v) is 5.99. The molecule has 0 bridgehead atoms. The fourth-order valence-electron chi connectivity index (χ4n) is 3.88. The molecular formula is C24H26ClN3O6. The molecule has 0 spiro atoms. The van der Waals surface area contributed by atoms with Crippen molar-refractivity contribution in [2.45, 2.75) is 45.2 Å². The van der Waals surface area contributed by atoms with Gasteiger partial charge in [-0.25, -0.2) is 4.79 Å². The van der Waals surface area contributed by atoms with Gasteiger partial charge in [0.25, 0.3) is 17.5 Å². The number of rotatable bonds is 8. The van der Waals surface area contributed by atoms with Crippen LogP contribution in [0.5, 0.6) is 0 Å². The number of nitro benzene ring substituents is 1. The van der Waals surface area contributed by atoms with Gasteiger partial charge in [-0.2, -0.15) is 0 Å². The Kier molecular flexibility index (Phi) is 8.22. The van der Waals surface area contributed by atoms with E-state index >= 15 is 0 Å². The zero-order valence-electron chi connectivity index (χ0n) is 18.9. The number of benzene rings is 2. The van der Waals surface area contributed by atoms with E-state index in [9.17, 15) is 24.5 Å². The molecule has 2 aromatic rings. The fraction of sp³-hybridized carbons (Fsp3) is 0.375. The highest BCUT2D eigenvalue weighted by Gasteiger charge is 2.29. The van der Waals surface area contributed by atoms with Crippen molar-refractivity contribution >= 4 is 35.1 Å². The summed E-state index contributed by atoms with van der Waals surface area (Å²) in [5.74, 6) is -2.36. The minimum absolute atomic E-state index is 0.00566. The van der Waals surface area contributed by atoms with Crippen molar-refractivity contribution in [3.63, 3.8) is 0 Å². The number of nitro groups is 1. The molecular weight excluding hydrogens is 462 g/mol. The maximum atomic E-state index is 12.7. The van der Waals surface area contributed by atoms with Crippen molar-refractivity contribution in [2.75, 3.05) is 6.61 Å². The van der Waals surface area contributed by atoms with Gasteiger partial charge in [-0.1, -0.05) is 49.7 Å². The first-order valence-electron chi connectivity index (χ1n) is 11.0. The van der Waals surface area contributed by atoms with Gasteiger partial charge in [0.2, 0.25) is 0 Å². The fourth-order valence-corrected chi connectivity index (χ4v) is 4.09. The average molecular weight is 488 g/mol. The first-order chi connectivity index (χ1) is 16.2. The Balaban J connectivity index is 1.60. The summed E-state index contributed by atoms with van der Waals surface area (Å²) in [6, 6.07) is 10.1. The molecule has 0 unspecified atom stereocenters. The normalized spacial score (nSPS) is 15.7. The van der Waals surface area contributed by atoms with Crippen LogP contribution in [-0.4, -0.2) is 35.4 Å². The lowest BCUT2D eigenvalue weighted by Gasteiger charge is -2.26. The van der Waals surface area contributed by atoms with Crippen LogP contribution in [0, 0.1) is 16.0 Å². The summed E-state index contributed by atoms with van der Waals surface area (Å²) in [5, 5.41) is 16.4. The number of nitrogens with zero attached hydrogens (tertiary/aromatic N) is 1. The predicted molar refractivity (Wildman–Crippen MR) is 125 cm³/mol. The van der Waals surface area contributed by atoms with Gasteiger partial charge in [0.15, 0.2) is 6.61 Å². The van der Waals surface area contributed by atoms with Crippen LogP contribution in [0.4, 0.5) is 5.69 Å². The summed E-state index contributed by atoms with van der Waals surface area (Å²) in [6.45, 7) is 2.90. The van der Waals surface area contributed by atoms with Crippen molar-refractivity contribution in [3.05, 3.63) is 74.3 Å². The lowest BCUT2D eigenvalue weighted by Crippen LogP contribution is -2.46. The third-order valence-electron chi connectivity index (χ3n) is 5.66. The Morgan fingerprint density at radius 3 is 2.65 bits per heavy atom. The number of hydrogen-bond donors (Lipinski definition) is 2. The van der Waals surface area contributed by atoms with Crippen molar-refractivity contribution in [2.24, 2.45) is 5.92 Å². The zero-order valence-corrected chi connectivity index (χ0v) is 19.6. The van der Waals surface area contributed by atoms with Gasteiger partial charge < -0.3 is 15.4 Å². The molecule has 0 aliphatic heterocycles. The van der Waals surface area contributed by atoms with Crippen LogP contribution < -0.4 is 10.6 Å². The molecule has 0 radical (unpaired) electrons. The van der Waals surface area contributed by atoms with E-state index in [2.05, 4.69) is 10.6 Å². The van der Waals surface area contributed by atoms with Crippen LogP contribution in [0.1, 0.15) is 54.2 Å². The zero-order chi connectivity index (χ0) is 24.8. The highest BCUT2D eigenvalue weighted by Crippen LogP contribution is 2.29. The number of carbonyl (C=O) groups excluding carboxylic acids is 3. The van der Waals surface area contributed by atoms with E-state index in [4.69, 9.17) is 16.3 Å². The first-order valence-corrected chi connectivity index (χ1v) is 11.3. The molecule has 1 aliphatic rings. The molecule has 34 heavy (non-hydrogen) atoms. The first kappa shape index (κ1) is 25.2. The van der Waals surface area contributed by atoms with Gasteiger partial charge in [-0.3, -0.25) is 19.7 Å². The van der Waals surface area contributed by atoms with E-state index in [1.54, 1.807) is 13.8 Å². The van der Waals surface area contributed by atoms with Gasteiger partial charge in [-0.05, 0) is 42.4 Å². The molecule has 3 rings (SSSR count). The maximum Gasteiger partial charge on any atom is 0.329 e. The van der Waals surface area contributed by atoms with Gasteiger partial charge in [-0.15, -0.1) is 0 Å². The highest BCUT2D eigenvalue weighted by molar-refractivity contribution is 6.34. The topological polar surface area (TPSA) is 128 Å². The minimum Gasteiger partial charge on any atom is -0.454 e. The molecule has 0 fully saturated rings. The number of aryl methyl sites for hydroxylation is 1. The molecule has 0 aromatic heterocycles. The van der Waals surface area contributed by atoms with Crippen LogP contribution in [0.15, 0.2) is 42.5 Å². The van der Waals surface area contributed by atoms with E-state index in [-0.39, 0.29) is 28.2 Å². The average Bonchev–Trinajstić information content (AvgIpc) is 2.81. The van der Waals surface area contributed by atoms with Crippen LogP contribution >= 0.6 is 11.6 Å². The molecule has 0 heterocycles. The molecule has 2 N–H and O–H groups in total. The molecule has 1 aliphatic carbocycles. The minimum atomic E-state index is -1.08. The number of amides is 2. The molecule has 2 aromatic carbocycles. The van der Waals surface area contributed by atoms with E-state index < -0.39 is 35.4 Å².